The van der Waals surface area contributed by atoms with E-state index in [4.69, 9.17) is 4.74 Å². The Labute approximate surface area is 213 Å². The molecule has 4 heterocycles. The van der Waals surface area contributed by atoms with E-state index in [-0.39, 0.29) is 11.4 Å². The van der Waals surface area contributed by atoms with Gasteiger partial charge in [-0.3, -0.25) is 14.3 Å². The van der Waals surface area contributed by atoms with Crippen LogP contribution in [-0.2, 0) is 7.05 Å². The number of hydrogen-bond donors (Lipinski definition) is 2. The van der Waals surface area contributed by atoms with Crippen molar-refractivity contribution in [1.29, 1.82) is 0 Å². The highest BCUT2D eigenvalue weighted by atomic mass is 19.1. The molecule has 1 aliphatic rings. The van der Waals surface area contributed by atoms with Gasteiger partial charge in [-0.15, -0.1) is 0 Å². The molecular formula is C27H26FN7O2. The Bertz CT molecular complexity index is 1460. The first kappa shape index (κ1) is 24.0. The molecule has 37 heavy (non-hydrogen) atoms. The molecule has 1 fully saturated rings. The number of ether oxygens (including phenoxy) is 1. The van der Waals surface area contributed by atoms with Crippen LogP contribution in [0.4, 0.5) is 21.8 Å². The molecule has 0 radical (unpaired) electrons. The van der Waals surface area contributed by atoms with Crippen molar-refractivity contribution in [2.45, 2.75) is 12.8 Å². The van der Waals surface area contributed by atoms with Crippen LogP contribution in [0.5, 0.6) is 11.5 Å². The Balaban J connectivity index is 1.27. The van der Waals surface area contributed by atoms with Crippen LogP contribution in [0, 0.1) is 5.82 Å². The summed E-state index contributed by atoms with van der Waals surface area (Å²) in [6.45, 7) is 6.09. The highest BCUT2D eigenvalue weighted by molar-refractivity contribution is 5.60. The third-order valence-corrected chi connectivity index (χ3v) is 6.01. The first-order chi connectivity index (χ1) is 18.0. The fourth-order valence-corrected chi connectivity index (χ4v) is 3.99. The van der Waals surface area contributed by atoms with E-state index in [0.717, 1.165) is 18.9 Å². The first-order valence-corrected chi connectivity index (χ1v) is 11.9. The molecule has 1 aliphatic heterocycles. The second kappa shape index (κ2) is 10.5. The molecule has 0 spiro atoms. The fourth-order valence-electron chi connectivity index (χ4n) is 3.99. The quantitative estimate of drug-likeness (QED) is 0.354. The molecule has 0 amide bonds. The Morgan fingerprint density at radius 1 is 1.00 bits per heavy atom. The maximum atomic E-state index is 13.2. The van der Waals surface area contributed by atoms with Gasteiger partial charge >= 0.3 is 0 Å². The third kappa shape index (κ3) is 5.58. The molecule has 1 aromatic carbocycles. The minimum absolute atomic E-state index is 0.274. The van der Waals surface area contributed by atoms with Crippen molar-refractivity contribution in [3.63, 3.8) is 0 Å². The maximum Gasteiger partial charge on any atom is 0.264 e. The second-order valence-corrected chi connectivity index (χ2v) is 8.62. The molecule has 0 aliphatic carbocycles. The van der Waals surface area contributed by atoms with Crippen LogP contribution >= 0.6 is 0 Å². The molecule has 2 N–H and O–H groups in total. The maximum absolute atomic E-state index is 13.2. The van der Waals surface area contributed by atoms with Crippen molar-refractivity contribution in [2.75, 3.05) is 23.7 Å². The molecule has 10 heteroatoms. The lowest BCUT2D eigenvalue weighted by Crippen LogP contribution is -2.23. The molecule has 0 saturated carbocycles. The predicted molar refractivity (Wildman–Crippen MR) is 140 cm³/mol. The molecule has 9 nitrogen and oxygen atoms in total. The minimum atomic E-state index is -0.342. The van der Waals surface area contributed by atoms with E-state index in [2.05, 4.69) is 37.1 Å². The number of halogens is 1. The highest BCUT2D eigenvalue weighted by Crippen LogP contribution is 2.25. The number of pyridine rings is 2. The number of benzene rings is 1. The van der Waals surface area contributed by atoms with E-state index < -0.39 is 0 Å². The Morgan fingerprint density at radius 2 is 1.78 bits per heavy atom. The summed E-state index contributed by atoms with van der Waals surface area (Å²) >= 11 is 0. The zero-order valence-corrected chi connectivity index (χ0v) is 20.3. The highest BCUT2D eigenvalue weighted by Gasteiger charge is 2.14. The normalized spacial score (nSPS) is 12.9. The molecular weight excluding hydrogens is 473 g/mol. The molecule has 0 atom stereocenters. The average Bonchev–Trinajstić information content (AvgIpc) is 3.45. The summed E-state index contributed by atoms with van der Waals surface area (Å²) in [5, 5.41) is 6.25. The topological polar surface area (TPSA) is 97.2 Å². The number of hydrogen-bond acceptors (Lipinski definition) is 8. The predicted octanol–water partition coefficient (Wildman–Crippen LogP) is 4.89. The van der Waals surface area contributed by atoms with Gasteiger partial charge in [0.05, 0.1) is 23.3 Å². The Morgan fingerprint density at radius 3 is 2.51 bits per heavy atom. The number of likely N-dealkylation sites (tertiary alicyclic amines) is 1. The van der Waals surface area contributed by atoms with Gasteiger partial charge in [-0.2, -0.15) is 0 Å². The van der Waals surface area contributed by atoms with Gasteiger partial charge in [-0.05, 0) is 55.3 Å². The van der Waals surface area contributed by atoms with Crippen molar-refractivity contribution in [2.24, 2.45) is 7.05 Å². The lowest BCUT2D eigenvalue weighted by atomic mass is 10.2. The van der Waals surface area contributed by atoms with Gasteiger partial charge < -0.3 is 20.3 Å². The number of rotatable bonds is 8. The standard InChI is InChI=1S/C27H26FN7O2/c1-18(35-13-3-4-14-35)32-25-15-21(11-12-29-25)37-22-9-10-24(30-16-22)23-17-31-27(34(2)26(23)36)33-20-7-5-19(28)6-8-20/h5-12,15-17H,1,3-4,13-14H2,2H3,(H,29,32)(H,31,33). The van der Waals surface area contributed by atoms with E-state index in [9.17, 15) is 9.18 Å². The summed E-state index contributed by atoms with van der Waals surface area (Å²) in [4.78, 5) is 28.2. The average molecular weight is 500 g/mol. The van der Waals surface area contributed by atoms with Crippen LogP contribution in [0.15, 0.2) is 84.3 Å². The van der Waals surface area contributed by atoms with Crippen LogP contribution in [0.25, 0.3) is 11.3 Å². The SMILES string of the molecule is C=C(Nc1cc(Oc2ccc(-c3cnc(Nc4ccc(F)cc4)n(C)c3=O)nc2)ccn1)N1CCCC1. The monoisotopic (exact) mass is 499 g/mol. The Kier molecular flexibility index (Phi) is 6.80. The number of nitrogens with one attached hydrogen (secondary N) is 2. The van der Waals surface area contributed by atoms with Crippen LogP contribution in [-0.4, -0.2) is 37.5 Å². The number of nitrogens with zero attached hydrogens (tertiary/aromatic N) is 5. The van der Waals surface area contributed by atoms with Crippen LogP contribution in [0.2, 0.25) is 0 Å². The molecule has 3 aromatic heterocycles. The lowest BCUT2D eigenvalue weighted by Gasteiger charge is -2.21. The molecule has 4 aromatic rings. The summed E-state index contributed by atoms with van der Waals surface area (Å²) in [5.74, 6) is 2.55. The van der Waals surface area contributed by atoms with Crippen molar-refractivity contribution in [3.8, 4) is 22.8 Å². The van der Waals surface area contributed by atoms with E-state index in [1.165, 1.54) is 35.7 Å². The summed E-state index contributed by atoms with van der Waals surface area (Å²) in [6.07, 6.45) is 7.01. The van der Waals surface area contributed by atoms with Crippen LogP contribution < -0.4 is 20.9 Å². The van der Waals surface area contributed by atoms with Crippen molar-refractivity contribution >= 4 is 17.5 Å². The fraction of sp³-hybridized carbons (Fsp3) is 0.185. The van der Waals surface area contributed by atoms with Crippen LogP contribution in [0.3, 0.4) is 0 Å². The lowest BCUT2D eigenvalue weighted by molar-refractivity contribution is 0.433. The van der Waals surface area contributed by atoms with Gasteiger partial charge in [-0.25, -0.2) is 14.4 Å². The van der Waals surface area contributed by atoms with E-state index in [1.54, 1.807) is 55.8 Å². The van der Waals surface area contributed by atoms with Gasteiger partial charge in [0.25, 0.3) is 5.56 Å². The van der Waals surface area contributed by atoms with Crippen molar-refractivity contribution < 1.29 is 9.13 Å². The van der Waals surface area contributed by atoms with Crippen molar-refractivity contribution in [3.05, 3.63) is 95.7 Å². The van der Waals surface area contributed by atoms with Gasteiger partial charge in [0.1, 0.15) is 23.1 Å². The van der Waals surface area contributed by atoms with Crippen LogP contribution in [0.1, 0.15) is 12.8 Å². The van der Waals surface area contributed by atoms with E-state index in [0.29, 0.717) is 40.2 Å². The number of aromatic nitrogens is 4. The summed E-state index contributed by atoms with van der Waals surface area (Å²) < 4.78 is 20.5. The molecule has 188 valence electrons. The van der Waals surface area contributed by atoms with Gasteiger partial charge in [0, 0.05) is 44.3 Å². The first-order valence-electron chi connectivity index (χ1n) is 11.9. The molecule has 0 unspecified atom stereocenters. The van der Waals surface area contributed by atoms with Gasteiger partial charge in [0.15, 0.2) is 0 Å². The summed E-state index contributed by atoms with van der Waals surface area (Å²) in [5.41, 5.74) is 1.15. The largest absolute Gasteiger partial charge is 0.456 e. The van der Waals surface area contributed by atoms with E-state index >= 15 is 0 Å². The Hall–Kier alpha value is -4.73. The summed E-state index contributed by atoms with van der Waals surface area (Å²) in [7, 11) is 1.61. The molecule has 0 bridgehead atoms. The number of anilines is 3. The summed E-state index contributed by atoms with van der Waals surface area (Å²) in [6, 6.07) is 12.8. The zero-order valence-electron chi connectivity index (χ0n) is 20.3. The van der Waals surface area contributed by atoms with Gasteiger partial charge in [-0.1, -0.05) is 6.58 Å². The second-order valence-electron chi connectivity index (χ2n) is 8.62. The third-order valence-electron chi connectivity index (χ3n) is 6.01. The van der Waals surface area contributed by atoms with E-state index in [1.807, 2.05) is 0 Å². The zero-order chi connectivity index (χ0) is 25.8. The molecule has 1 saturated heterocycles. The molecule has 5 rings (SSSR count). The van der Waals surface area contributed by atoms with Crippen molar-refractivity contribution in [1.82, 2.24) is 24.4 Å². The minimum Gasteiger partial charge on any atom is -0.456 e. The smallest absolute Gasteiger partial charge is 0.264 e. The van der Waals surface area contributed by atoms with Gasteiger partial charge in [0.2, 0.25) is 5.95 Å².